The molecule has 1 aliphatic carbocycles. The average molecular weight is 291 g/mol. The maximum absolute atomic E-state index is 13.5. The van der Waals surface area contributed by atoms with Gasteiger partial charge >= 0.3 is 0 Å². The van der Waals surface area contributed by atoms with Crippen molar-refractivity contribution in [2.75, 3.05) is 5.32 Å². The first kappa shape index (κ1) is 13.7. The predicted octanol–water partition coefficient (Wildman–Crippen LogP) is 3.85. The molecule has 5 heteroatoms. The molecule has 0 aromatic heterocycles. The van der Waals surface area contributed by atoms with Crippen LogP contribution >= 0.6 is 0 Å². The summed E-state index contributed by atoms with van der Waals surface area (Å²) in [4.78, 5) is 12.0. The normalized spacial score (nSPS) is 20.1. The molecule has 1 N–H and O–H groups in total. The van der Waals surface area contributed by atoms with E-state index in [1.54, 1.807) is 0 Å². The number of benzene rings is 2. The summed E-state index contributed by atoms with van der Waals surface area (Å²) >= 11 is 0. The van der Waals surface area contributed by atoms with Crippen molar-refractivity contribution in [1.82, 2.24) is 0 Å². The highest BCUT2D eigenvalue weighted by atomic mass is 19.2. The van der Waals surface area contributed by atoms with Crippen LogP contribution in [0.3, 0.4) is 0 Å². The molecule has 2 aromatic rings. The smallest absolute Gasteiger partial charge is 0.228 e. The lowest BCUT2D eigenvalue weighted by Crippen LogP contribution is -2.16. The fourth-order valence-corrected chi connectivity index (χ4v) is 2.40. The zero-order chi connectivity index (χ0) is 15.0. The SMILES string of the molecule is O=C(Nc1ccc(F)c(F)c1F)C1CC1c1ccccc1. The first-order valence-corrected chi connectivity index (χ1v) is 6.57. The van der Waals surface area contributed by atoms with Crippen molar-refractivity contribution < 1.29 is 18.0 Å². The van der Waals surface area contributed by atoms with Gasteiger partial charge in [0.15, 0.2) is 17.5 Å². The van der Waals surface area contributed by atoms with E-state index in [0.29, 0.717) is 6.42 Å². The third-order valence-electron chi connectivity index (χ3n) is 3.65. The molecule has 108 valence electrons. The van der Waals surface area contributed by atoms with E-state index in [4.69, 9.17) is 0 Å². The number of hydrogen-bond acceptors (Lipinski definition) is 1. The molecule has 2 nitrogen and oxygen atoms in total. The van der Waals surface area contributed by atoms with Crippen molar-refractivity contribution in [3.63, 3.8) is 0 Å². The van der Waals surface area contributed by atoms with Crippen LogP contribution in [0.4, 0.5) is 18.9 Å². The van der Waals surface area contributed by atoms with Crippen molar-refractivity contribution in [3.8, 4) is 0 Å². The Balaban J connectivity index is 1.70. The highest BCUT2D eigenvalue weighted by Gasteiger charge is 2.44. The van der Waals surface area contributed by atoms with Crippen molar-refractivity contribution in [2.45, 2.75) is 12.3 Å². The van der Waals surface area contributed by atoms with Gasteiger partial charge in [0.1, 0.15) is 0 Å². The minimum Gasteiger partial charge on any atom is -0.323 e. The van der Waals surface area contributed by atoms with Crippen LogP contribution in [0.1, 0.15) is 17.9 Å². The number of amides is 1. The van der Waals surface area contributed by atoms with Crippen LogP contribution < -0.4 is 5.32 Å². The monoisotopic (exact) mass is 291 g/mol. The van der Waals surface area contributed by atoms with E-state index in [9.17, 15) is 18.0 Å². The van der Waals surface area contributed by atoms with Crippen molar-refractivity contribution in [2.24, 2.45) is 5.92 Å². The van der Waals surface area contributed by atoms with Crippen LogP contribution in [-0.4, -0.2) is 5.91 Å². The van der Waals surface area contributed by atoms with Crippen LogP contribution in [0.15, 0.2) is 42.5 Å². The van der Waals surface area contributed by atoms with Gasteiger partial charge in [-0.25, -0.2) is 13.2 Å². The quantitative estimate of drug-likeness (QED) is 0.855. The zero-order valence-corrected chi connectivity index (χ0v) is 10.9. The first-order chi connectivity index (χ1) is 10.1. The molecule has 1 aliphatic rings. The van der Waals surface area contributed by atoms with Gasteiger partial charge < -0.3 is 5.32 Å². The fraction of sp³-hybridized carbons (Fsp3) is 0.188. The van der Waals surface area contributed by atoms with Gasteiger partial charge in [0.05, 0.1) is 5.69 Å². The maximum Gasteiger partial charge on any atom is 0.228 e. The Morgan fingerprint density at radius 1 is 1.00 bits per heavy atom. The van der Waals surface area contributed by atoms with Gasteiger partial charge in [-0.15, -0.1) is 0 Å². The van der Waals surface area contributed by atoms with Crippen LogP contribution in [0.5, 0.6) is 0 Å². The Morgan fingerprint density at radius 2 is 1.71 bits per heavy atom. The molecule has 2 atom stereocenters. The molecule has 0 heterocycles. The van der Waals surface area contributed by atoms with Gasteiger partial charge in [0.2, 0.25) is 5.91 Å². The Bertz CT molecular complexity index is 687. The molecule has 1 amide bonds. The van der Waals surface area contributed by atoms with Gasteiger partial charge in [-0.1, -0.05) is 30.3 Å². The number of carbonyl (C=O) groups excluding carboxylic acids is 1. The van der Waals surface area contributed by atoms with E-state index in [0.717, 1.165) is 17.7 Å². The highest BCUT2D eigenvalue weighted by molar-refractivity contribution is 5.95. The molecule has 21 heavy (non-hydrogen) atoms. The van der Waals surface area contributed by atoms with Gasteiger partial charge in [-0.2, -0.15) is 0 Å². The Morgan fingerprint density at radius 3 is 2.43 bits per heavy atom. The van der Waals surface area contributed by atoms with Crippen LogP contribution in [0.2, 0.25) is 0 Å². The number of carbonyl (C=O) groups is 1. The second-order valence-corrected chi connectivity index (χ2v) is 5.07. The summed E-state index contributed by atoms with van der Waals surface area (Å²) in [5.41, 5.74) is 0.709. The van der Waals surface area contributed by atoms with E-state index in [1.165, 1.54) is 0 Å². The molecule has 0 bridgehead atoms. The highest BCUT2D eigenvalue weighted by Crippen LogP contribution is 2.47. The Labute approximate surface area is 119 Å². The lowest BCUT2D eigenvalue weighted by molar-refractivity contribution is -0.117. The van der Waals surface area contributed by atoms with Gasteiger partial charge in [0, 0.05) is 5.92 Å². The number of hydrogen-bond donors (Lipinski definition) is 1. The maximum atomic E-state index is 13.5. The van der Waals surface area contributed by atoms with E-state index in [2.05, 4.69) is 5.32 Å². The van der Waals surface area contributed by atoms with Crippen molar-refractivity contribution in [3.05, 3.63) is 65.5 Å². The average Bonchev–Trinajstić information content (AvgIpc) is 3.29. The summed E-state index contributed by atoms with van der Waals surface area (Å²) in [7, 11) is 0. The standard InChI is InChI=1S/C16H12F3NO/c17-12-6-7-13(15(19)14(12)18)20-16(21)11-8-10(11)9-4-2-1-3-5-9/h1-7,10-11H,8H2,(H,20,21). The van der Waals surface area contributed by atoms with Gasteiger partial charge in [-0.05, 0) is 30.0 Å². The largest absolute Gasteiger partial charge is 0.323 e. The Kier molecular flexibility index (Phi) is 3.41. The zero-order valence-electron chi connectivity index (χ0n) is 10.9. The van der Waals surface area contributed by atoms with E-state index >= 15 is 0 Å². The molecular formula is C16H12F3NO. The minimum absolute atomic E-state index is 0.0968. The minimum atomic E-state index is -1.58. The second-order valence-electron chi connectivity index (χ2n) is 5.07. The summed E-state index contributed by atoms with van der Waals surface area (Å²) in [5, 5.41) is 2.32. The Hall–Kier alpha value is -2.30. The number of nitrogens with one attached hydrogen (secondary N) is 1. The summed E-state index contributed by atoms with van der Waals surface area (Å²) in [6.07, 6.45) is 0.668. The van der Waals surface area contributed by atoms with Crippen LogP contribution in [0.25, 0.3) is 0 Å². The lowest BCUT2D eigenvalue weighted by Gasteiger charge is -2.07. The summed E-state index contributed by atoms with van der Waals surface area (Å²) in [5.74, 6) is -4.78. The van der Waals surface area contributed by atoms with E-state index < -0.39 is 17.5 Å². The van der Waals surface area contributed by atoms with Crippen LogP contribution in [-0.2, 0) is 4.79 Å². The number of rotatable bonds is 3. The number of anilines is 1. The van der Waals surface area contributed by atoms with E-state index in [1.807, 2.05) is 30.3 Å². The summed E-state index contributed by atoms with van der Waals surface area (Å²) < 4.78 is 39.4. The first-order valence-electron chi connectivity index (χ1n) is 6.57. The van der Waals surface area contributed by atoms with Crippen molar-refractivity contribution in [1.29, 1.82) is 0 Å². The fourth-order valence-electron chi connectivity index (χ4n) is 2.40. The second kappa shape index (κ2) is 5.24. The molecule has 0 saturated heterocycles. The van der Waals surface area contributed by atoms with Gasteiger partial charge in [-0.3, -0.25) is 4.79 Å². The molecule has 3 rings (SSSR count). The molecule has 1 saturated carbocycles. The topological polar surface area (TPSA) is 29.1 Å². The molecule has 2 aromatic carbocycles. The third-order valence-corrected chi connectivity index (χ3v) is 3.65. The predicted molar refractivity (Wildman–Crippen MR) is 72.2 cm³/mol. The lowest BCUT2D eigenvalue weighted by atomic mass is 10.1. The third kappa shape index (κ3) is 2.63. The molecule has 2 unspecified atom stereocenters. The number of halogens is 3. The molecular weight excluding hydrogens is 279 g/mol. The molecule has 0 spiro atoms. The van der Waals surface area contributed by atoms with E-state index in [-0.39, 0.29) is 23.4 Å². The molecule has 0 aliphatic heterocycles. The summed E-state index contributed by atoms with van der Waals surface area (Å²) in [6, 6.07) is 11.3. The van der Waals surface area contributed by atoms with Gasteiger partial charge in [0.25, 0.3) is 0 Å². The summed E-state index contributed by atoms with van der Waals surface area (Å²) in [6.45, 7) is 0. The molecule has 0 radical (unpaired) electrons. The van der Waals surface area contributed by atoms with Crippen molar-refractivity contribution >= 4 is 11.6 Å². The molecule has 1 fully saturated rings. The van der Waals surface area contributed by atoms with Crippen LogP contribution in [0, 0.1) is 23.4 Å².